The number of aromatic nitrogens is 3. The topological polar surface area (TPSA) is 170 Å². The van der Waals surface area contributed by atoms with Gasteiger partial charge in [0.1, 0.15) is 23.4 Å². The van der Waals surface area contributed by atoms with E-state index in [1.165, 1.54) is 17.7 Å². The first-order chi connectivity index (χ1) is 11.3. The number of nitrogens with zero attached hydrogens (tertiary/aromatic N) is 3. The Balaban J connectivity index is 2.59. The molecule has 2 rings (SSSR count). The molecule has 0 spiro atoms. The number of ether oxygens (including phenoxy) is 1. The van der Waals surface area contributed by atoms with Crippen LogP contribution in [-0.2, 0) is 4.74 Å². The minimum atomic E-state index is -1.01. The highest BCUT2D eigenvalue weighted by Gasteiger charge is 2.26. The van der Waals surface area contributed by atoms with E-state index in [1.807, 2.05) is 0 Å². The lowest BCUT2D eigenvalue weighted by Crippen LogP contribution is -2.34. The van der Waals surface area contributed by atoms with Gasteiger partial charge in [0.2, 0.25) is 0 Å². The van der Waals surface area contributed by atoms with Crippen molar-refractivity contribution in [1.82, 2.24) is 14.5 Å². The molecule has 0 radical (unpaired) electrons. The van der Waals surface area contributed by atoms with E-state index in [0.717, 1.165) is 0 Å². The number of primary amides is 1. The highest BCUT2D eigenvalue weighted by molar-refractivity contribution is 6.08. The van der Waals surface area contributed by atoms with E-state index in [9.17, 15) is 20.1 Å². The summed E-state index contributed by atoms with van der Waals surface area (Å²) >= 11 is 0. The second-order valence-corrected chi connectivity index (χ2v) is 5.40. The summed E-state index contributed by atoms with van der Waals surface area (Å²) in [5.74, 6) is -0.291. The van der Waals surface area contributed by atoms with E-state index < -0.39 is 37.6 Å². The second-order valence-electron chi connectivity index (χ2n) is 5.40. The zero-order valence-corrected chi connectivity index (χ0v) is 13.4. The van der Waals surface area contributed by atoms with Gasteiger partial charge in [-0.1, -0.05) is 0 Å². The lowest BCUT2D eigenvalue weighted by molar-refractivity contribution is -0.131. The van der Waals surface area contributed by atoms with Gasteiger partial charge < -0.3 is 36.1 Å². The predicted molar refractivity (Wildman–Crippen MR) is 85.0 cm³/mol. The molecule has 0 saturated heterocycles. The molecule has 2 heterocycles. The van der Waals surface area contributed by atoms with E-state index in [2.05, 4.69) is 9.97 Å². The van der Waals surface area contributed by atoms with Crippen LogP contribution in [0.2, 0.25) is 0 Å². The van der Waals surface area contributed by atoms with Crippen LogP contribution < -0.4 is 11.5 Å². The lowest BCUT2D eigenvalue weighted by atomic mass is 10.2. The highest BCUT2D eigenvalue weighted by Crippen LogP contribution is 2.28. The van der Waals surface area contributed by atoms with Crippen molar-refractivity contribution in [3.63, 3.8) is 0 Å². The van der Waals surface area contributed by atoms with Crippen molar-refractivity contribution in [2.45, 2.75) is 32.3 Å². The van der Waals surface area contributed by atoms with Gasteiger partial charge in [0.05, 0.1) is 30.3 Å². The van der Waals surface area contributed by atoms with Crippen molar-refractivity contribution in [3.05, 3.63) is 17.6 Å². The van der Waals surface area contributed by atoms with Crippen LogP contribution in [0.3, 0.4) is 0 Å². The molecule has 0 aliphatic heterocycles. The van der Waals surface area contributed by atoms with E-state index in [1.54, 1.807) is 6.92 Å². The van der Waals surface area contributed by atoms with E-state index in [0.29, 0.717) is 5.82 Å². The largest absolute Gasteiger partial charge is 0.394 e. The summed E-state index contributed by atoms with van der Waals surface area (Å²) in [6, 6.07) is 0. The van der Waals surface area contributed by atoms with Gasteiger partial charge in [-0.3, -0.25) is 4.79 Å². The maximum Gasteiger partial charge on any atom is 0.251 e. The average Bonchev–Trinajstić information content (AvgIpc) is 2.88. The van der Waals surface area contributed by atoms with Gasteiger partial charge >= 0.3 is 0 Å². The van der Waals surface area contributed by atoms with Crippen LogP contribution in [0.15, 0.2) is 6.20 Å². The minimum Gasteiger partial charge on any atom is -0.394 e. The number of amides is 1. The summed E-state index contributed by atoms with van der Waals surface area (Å²) in [5.41, 5.74) is 11.6. The summed E-state index contributed by atoms with van der Waals surface area (Å²) in [6.45, 7) is 2.13. The van der Waals surface area contributed by atoms with Gasteiger partial charge in [-0.2, -0.15) is 0 Å². The van der Waals surface area contributed by atoms with Gasteiger partial charge in [-0.05, 0) is 13.8 Å². The van der Waals surface area contributed by atoms with Crippen LogP contribution in [0.5, 0.6) is 0 Å². The third-order valence-electron chi connectivity index (χ3n) is 3.59. The Morgan fingerprint density at radius 2 is 2.04 bits per heavy atom. The molecule has 0 bridgehead atoms. The first-order valence-corrected chi connectivity index (χ1v) is 7.29. The van der Waals surface area contributed by atoms with E-state index in [-0.39, 0.29) is 22.4 Å². The Labute approximate surface area is 137 Å². The molecule has 0 unspecified atom stereocenters. The van der Waals surface area contributed by atoms with Gasteiger partial charge in [0.25, 0.3) is 5.91 Å². The fraction of sp³-hybridized carbons (Fsp3) is 0.500. The minimum absolute atomic E-state index is 0.0796. The van der Waals surface area contributed by atoms with Gasteiger partial charge in [0.15, 0.2) is 6.23 Å². The molecule has 0 saturated carbocycles. The monoisotopic (exact) mass is 339 g/mol. The van der Waals surface area contributed by atoms with Crippen molar-refractivity contribution < 1.29 is 24.9 Å². The molecule has 7 N–H and O–H groups in total. The first-order valence-electron chi connectivity index (χ1n) is 7.29. The fourth-order valence-corrected chi connectivity index (χ4v) is 2.40. The Bertz CT molecular complexity index is 745. The summed E-state index contributed by atoms with van der Waals surface area (Å²) < 4.78 is 6.92. The normalized spacial score (nSPS) is 15.4. The Hall–Kier alpha value is -2.27. The number of aliphatic hydroxyl groups is 3. The number of hydrogen-bond donors (Lipinski definition) is 5. The zero-order chi connectivity index (χ0) is 18.0. The molecule has 0 aliphatic rings. The Kier molecular flexibility index (Phi) is 5.34. The third kappa shape index (κ3) is 3.31. The fourth-order valence-electron chi connectivity index (χ4n) is 2.40. The van der Waals surface area contributed by atoms with Crippen molar-refractivity contribution in [2.24, 2.45) is 5.73 Å². The van der Waals surface area contributed by atoms with Crippen LogP contribution in [0.25, 0.3) is 11.0 Å². The number of rotatable bonds is 7. The summed E-state index contributed by atoms with van der Waals surface area (Å²) in [6.07, 6.45) is -1.56. The van der Waals surface area contributed by atoms with Crippen LogP contribution >= 0.6 is 0 Å². The van der Waals surface area contributed by atoms with Crippen LogP contribution in [-0.4, -0.2) is 61.2 Å². The first kappa shape index (κ1) is 18.1. The van der Waals surface area contributed by atoms with Crippen LogP contribution in [0.4, 0.5) is 5.82 Å². The molecule has 1 amide bonds. The number of nitrogen functional groups attached to an aromatic ring is 1. The van der Waals surface area contributed by atoms with E-state index >= 15 is 0 Å². The van der Waals surface area contributed by atoms with Crippen molar-refractivity contribution in [2.75, 3.05) is 18.9 Å². The molecule has 0 aliphatic carbocycles. The molecule has 132 valence electrons. The number of aliphatic hydroxyl groups excluding tert-OH is 3. The number of anilines is 1. The average molecular weight is 339 g/mol. The Morgan fingerprint density at radius 3 is 2.54 bits per heavy atom. The molecule has 2 aromatic rings. The molecule has 3 atom stereocenters. The summed E-state index contributed by atoms with van der Waals surface area (Å²) in [5, 5.41) is 28.8. The number of hydrogen-bond acceptors (Lipinski definition) is 8. The molecule has 10 heteroatoms. The molecule has 24 heavy (non-hydrogen) atoms. The Morgan fingerprint density at radius 1 is 1.38 bits per heavy atom. The zero-order valence-electron chi connectivity index (χ0n) is 13.4. The van der Waals surface area contributed by atoms with Gasteiger partial charge in [0, 0.05) is 6.20 Å². The SMILES string of the molecule is Cc1nc(N)c2c(C(N)=O)cn([C@@H](CO)O[C@H](CO)[C@H](C)O)c2n1. The standard InChI is InChI=1S/C14H21N5O5/c1-6(22)9(4-20)24-10(5-21)19-3-8(13(16)23)11-12(15)17-7(2)18-14(11)19/h3,6,9-10,20-22H,4-5H2,1-2H3,(H2,16,23)(H2,15,17,18)/t6-,9+,10+/m0/s1. The van der Waals surface area contributed by atoms with Crippen molar-refractivity contribution in [1.29, 1.82) is 0 Å². The summed E-state index contributed by atoms with van der Waals surface area (Å²) in [7, 11) is 0. The van der Waals surface area contributed by atoms with Crippen LogP contribution in [0, 0.1) is 6.92 Å². The second kappa shape index (κ2) is 7.09. The number of carbonyl (C=O) groups excluding carboxylic acids is 1. The highest BCUT2D eigenvalue weighted by atomic mass is 16.5. The lowest BCUT2D eigenvalue weighted by Gasteiger charge is -2.25. The van der Waals surface area contributed by atoms with Gasteiger partial charge in [-0.25, -0.2) is 9.97 Å². The van der Waals surface area contributed by atoms with Crippen molar-refractivity contribution >= 4 is 22.8 Å². The van der Waals surface area contributed by atoms with E-state index in [4.69, 9.17) is 16.2 Å². The molecule has 0 fully saturated rings. The predicted octanol–water partition coefficient (Wildman–Crippen LogP) is -1.33. The quantitative estimate of drug-likeness (QED) is 0.413. The molecule has 0 aromatic carbocycles. The third-order valence-corrected chi connectivity index (χ3v) is 3.59. The maximum atomic E-state index is 11.7. The summed E-state index contributed by atoms with van der Waals surface area (Å²) in [4.78, 5) is 19.9. The molecular formula is C14H21N5O5. The molecule has 2 aromatic heterocycles. The number of nitrogens with two attached hydrogens (primary N) is 2. The van der Waals surface area contributed by atoms with Gasteiger partial charge in [-0.15, -0.1) is 0 Å². The smallest absolute Gasteiger partial charge is 0.251 e. The van der Waals surface area contributed by atoms with Crippen LogP contribution in [0.1, 0.15) is 29.3 Å². The maximum absolute atomic E-state index is 11.7. The molecule has 10 nitrogen and oxygen atoms in total. The molecular weight excluding hydrogens is 318 g/mol. The number of aryl methyl sites for hydroxylation is 1. The number of fused-ring (bicyclic) bond motifs is 1. The number of carbonyl (C=O) groups is 1. The van der Waals surface area contributed by atoms with Crippen molar-refractivity contribution in [3.8, 4) is 0 Å².